The van der Waals surface area contributed by atoms with Crippen LogP contribution in [0.25, 0.3) is 0 Å². The minimum Gasteiger partial charge on any atom is -0.281 e. The third-order valence-corrected chi connectivity index (χ3v) is 0. The van der Waals surface area contributed by atoms with Gasteiger partial charge in [0.1, 0.15) is 0 Å². The monoisotopic (exact) mass is 253 g/mol. The zero-order chi connectivity index (χ0) is 4.00. The standard InChI is InChI=1S/2CO.Au/c2*1-2;. The molecule has 5 radical (unpaired) electrons. The van der Waals surface area contributed by atoms with Crippen LogP contribution in [0.2, 0.25) is 0 Å². The fraction of sp³-hybridized carbons (Fsp3) is 0. The van der Waals surface area contributed by atoms with Gasteiger partial charge in [-0.3, -0.25) is 9.59 Å². The fourth-order valence-corrected chi connectivity index (χ4v) is 0. The van der Waals surface area contributed by atoms with Gasteiger partial charge in [0.25, 0.3) is 13.6 Å². The molecular formula is C2AuO2. The average molecular weight is 253 g/mol. The second kappa shape index (κ2) is 6010. The van der Waals surface area contributed by atoms with Crippen LogP contribution in [-0.4, -0.2) is 13.6 Å². The van der Waals surface area contributed by atoms with Crippen molar-refractivity contribution in [2.45, 2.75) is 0 Å². The Morgan fingerprint density at radius 2 is 0.800 bits per heavy atom. The quantitative estimate of drug-likeness (QED) is 0.530. The molecule has 0 spiro atoms. The Balaban J connectivity index is -0.0000000133. The van der Waals surface area contributed by atoms with Crippen molar-refractivity contribution in [2.75, 3.05) is 0 Å². The molecule has 0 aliphatic heterocycles. The maximum Gasteiger partial charge on any atom is 0.281 e. The van der Waals surface area contributed by atoms with E-state index < -0.39 is 0 Å². The van der Waals surface area contributed by atoms with E-state index in [1.165, 1.54) is 0 Å². The maximum absolute atomic E-state index is 7.50. The van der Waals surface area contributed by atoms with Crippen molar-refractivity contribution in [3.63, 3.8) is 0 Å². The van der Waals surface area contributed by atoms with Gasteiger partial charge in [-0.2, -0.15) is 0 Å². The minimum atomic E-state index is 0. The van der Waals surface area contributed by atoms with E-state index in [2.05, 4.69) is 13.6 Å². The van der Waals surface area contributed by atoms with Gasteiger partial charge in [0.2, 0.25) is 0 Å². The van der Waals surface area contributed by atoms with Gasteiger partial charge in [0.15, 0.2) is 0 Å². The van der Waals surface area contributed by atoms with Crippen LogP contribution >= 0.6 is 0 Å². The molecule has 0 saturated carbocycles. The van der Waals surface area contributed by atoms with E-state index in [1.807, 2.05) is 0 Å². The van der Waals surface area contributed by atoms with Crippen molar-refractivity contribution in [1.82, 2.24) is 0 Å². The van der Waals surface area contributed by atoms with Gasteiger partial charge in [-0.05, 0) is 0 Å². The van der Waals surface area contributed by atoms with Gasteiger partial charge in [-0.15, -0.1) is 0 Å². The number of hydrogen-bond acceptors (Lipinski definition) is 2. The summed E-state index contributed by atoms with van der Waals surface area (Å²) in [6, 6.07) is 0. The van der Waals surface area contributed by atoms with Crippen molar-refractivity contribution in [1.29, 1.82) is 0 Å². The van der Waals surface area contributed by atoms with Gasteiger partial charge in [-0.1, -0.05) is 0 Å². The first-order valence-electron chi connectivity index (χ1n) is 0.408. The summed E-state index contributed by atoms with van der Waals surface area (Å²) in [5.41, 5.74) is 0. The zero-order valence-electron chi connectivity index (χ0n) is 2.12. The van der Waals surface area contributed by atoms with Crippen LogP contribution in [0.1, 0.15) is 0 Å². The van der Waals surface area contributed by atoms with Gasteiger partial charge in [-0.25, -0.2) is 0 Å². The van der Waals surface area contributed by atoms with Gasteiger partial charge < -0.3 is 0 Å². The molecule has 0 bridgehead atoms. The molecule has 0 aliphatic carbocycles. The maximum atomic E-state index is 7.50. The molecule has 0 rings (SSSR count). The van der Waals surface area contributed by atoms with Crippen molar-refractivity contribution in [2.24, 2.45) is 0 Å². The van der Waals surface area contributed by atoms with Crippen LogP contribution in [0.15, 0.2) is 0 Å². The van der Waals surface area contributed by atoms with E-state index in [1.54, 1.807) is 0 Å². The molecule has 0 saturated heterocycles. The summed E-state index contributed by atoms with van der Waals surface area (Å²) in [5.74, 6) is 0. The molecule has 0 aromatic heterocycles. The third-order valence-electron chi connectivity index (χ3n) is 0. The molecular weight excluding hydrogens is 253 g/mol. The summed E-state index contributed by atoms with van der Waals surface area (Å²) in [6.45, 7) is 9.00. The second-order valence-corrected chi connectivity index (χ2v) is 0. The molecule has 0 heterocycles. The Morgan fingerprint density at radius 1 is 0.800 bits per heavy atom. The molecule has 31 valence electrons. The van der Waals surface area contributed by atoms with E-state index in [4.69, 9.17) is 9.59 Å². The smallest absolute Gasteiger partial charge is 0.281 e. The Kier molecular flexibility index (Phi) is 23500. The summed E-state index contributed by atoms with van der Waals surface area (Å²) in [6.07, 6.45) is 0. The van der Waals surface area contributed by atoms with Crippen molar-refractivity contribution >= 4 is 13.6 Å². The van der Waals surface area contributed by atoms with E-state index in [0.29, 0.717) is 0 Å². The predicted octanol–water partition coefficient (Wildman–Crippen LogP) is -0.797. The topological polar surface area (TPSA) is 34.1 Å². The summed E-state index contributed by atoms with van der Waals surface area (Å²) in [7, 11) is 0. The third kappa shape index (κ3) is 2740. The molecule has 0 atom stereocenters. The predicted molar refractivity (Wildman–Crippen MR) is 11.4 cm³/mol. The Labute approximate surface area is 46.1 Å². The van der Waals surface area contributed by atoms with Crippen LogP contribution in [-0.2, 0) is 32.0 Å². The molecule has 0 aliphatic rings. The first-order chi connectivity index (χ1) is 2.00. The second-order valence-electron chi connectivity index (χ2n) is 0. The van der Waals surface area contributed by atoms with Gasteiger partial charge >= 0.3 is 0 Å². The minimum absolute atomic E-state index is 0. The summed E-state index contributed by atoms with van der Waals surface area (Å²) < 4.78 is 0. The SMILES string of the molecule is [Au].[C]=O.[C]=O. The molecule has 0 aromatic carbocycles. The largest absolute Gasteiger partial charge is 0.281 e. The van der Waals surface area contributed by atoms with E-state index in [-0.39, 0.29) is 22.4 Å². The first kappa shape index (κ1) is 19.5. The van der Waals surface area contributed by atoms with Gasteiger partial charge in [0, 0.05) is 22.4 Å². The molecule has 0 unspecified atom stereocenters. The van der Waals surface area contributed by atoms with E-state index in [0.717, 1.165) is 0 Å². The van der Waals surface area contributed by atoms with Crippen LogP contribution < -0.4 is 0 Å². The van der Waals surface area contributed by atoms with Crippen LogP contribution in [0.4, 0.5) is 0 Å². The summed E-state index contributed by atoms with van der Waals surface area (Å²) in [4.78, 5) is 15.0. The molecule has 0 N–H and O–H groups in total. The zero-order valence-corrected chi connectivity index (χ0v) is 4.28. The average Bonchev–Trinajstić information content (AvgIpc) is 1.50. The molecule has 5 heavy (non-hydrogen) atoms. The van der Waals surface area contributed by atoms with Crippen molar-refractivity contribution < 1.29 is 32.0 Å². The first-order valence-corrected chi connectivity index (χ1v) is 0.408. The van der Waals surface area contributed by atoms with Gasteiger partial charge in [0.05, 0.1) is 0 Å². The van der Waals surface area contributed by atoms with Crippen molar-refractivity contribution in [3.05, 3.63) is 0 Å². The molecule has 2 nitrogen and oxygen atoms in total. The Hall–Kier alpha value is 0.0803. The Bertz CT molecular complexity index is 9.61. The van der Waals surface area contributed by atoms with Crippen LogP contribution in [0, 0.1) is 0 Å². The molecule has 0 amide bonds. The van der Waals surface area contributed by atoms with E-state index in [9.17, 15) is 0 Å². The van der Waals surface area contributed by atoms with Crippen LogP contribution in [0.3, 0.4) is 0 Å². The molecule has 3 heteroatoms. The summed E-state index contributed by atoms with van der Waals surface area (Å²) >= 11 is 0. The Morgan fingerprint density at radius 3 is 0.800 bits per heavy atom. The number of rotatable bonds is 0. The fourth-order valence-electron chi connectivity index (χ4n) is 0. The number of hydrogen-bond donors (Lipinski definition) is 0. The van der Waals surface area contributed by atoms with Crippen molar-refractivity contribution in [3.8, 4) is 0 Å². The number of carbonyl (C=O) groups excluding carboxylic acids is 2. The molecule has 0 aromatic rings. The van der Waals surface area contributed by atoms with Crippen LogP contribution in [0.5, 0.6) is 0 Å². The normalized spacial score (nSPS) is 1.60. The van der Waals surface area contributed by atoms with E-state index >= 15 is 0 Å². The molecule has 0 fully saturated rings. The summed E-state index contributed by atoms with van der Waals surface area (Å²) in [5, 5.41) is 0.